The van der Waals surface area contributed by atoms with Gasteiger partial charge in [-0.05, 0) is 31.0 Å². The number of aromatic amines is 1. The first-order valence-electron chi connectivity index (χ1n) is 8.63. The number of fused-ring (bicyclic) bond motifs is 1. The molecule has 0 aliphatic carbocycles. The van der Waals surface area contributed by atoms with Crippen LogP contribution in [0.3, 0.4) is 0 Å². The molecule has 0 spiro atoms. The van der Waals surface area contributed by atoms with E-state index in [2.05, 4.69) is 20.2 Å². The molecule has 1 heterocycles. The molecule has 0 fully saturated rings. The highest BCUT2D eigenvalue weighted by atomic mass is 32.2. The monoisotopic (exact) mass is 386 g/mol. The Morgan fingerprint density at radius 3 is 2.59 bits per heavy atom. The highest BCUT2D eigenvalue weighted by molar-refractivity contribution is 7.88. The van der Waals surface area contributed by atoms with Crippen LogP contribution in [0.15, 0.2) is 48.7 Å². The largest absolute Gasteiger partial charge is 0.348 e. The third kappa shape index (κ3) is 4.72. The second-order valence-corrected chi connectivity index (χ2v) is 8.38. The van der Waals surface area contributed by atoms with Crippen molar-refractivity contribution in [1.29, 1.82) is 0 Å². The Kier molecular flexibility index (Phi) is 5.57. The normalized spacial score (nSPS) is 11.8. The van der Waals surface area contributed by atoms with E-state index in [-0.39, 0.29) is 24.2 Å². The number of rotatable bonds is 7. The van der Waals surface area contributed by atoms with Crippen LogP contribution in [0.25, 0.3) is 10.9 Å². The third-order valence-electron chi connectivity index (χ3n) is 4.04. The highest BCUT2D eigenvalue weighted by Gasteiger charge is 2.16. The minimum Gasteiger partial charge on any atom is -0.348 e. The topological polar surface area (TPSA) is 104 Å². The number of nitrogens with zero attached hydrogens (tertiary/aromatic N) is 1. The SMILES string of the molecule is CC(C)NS(=O)(=O)Cc1ccccc1CNC(=O)c1cccc2cn[nH]c12. The second kappa shape index (κ2) is 7.89. The molecular formula is C19H22N4O3S. The number of H-pyrrole nitrogens is 1. The predicted octanol–water partition coefficient (Wildman–Crippen LogP) is 2.32. The molecule has 7 nitrogen and oxygen atoms in total. The molecule has 1 aromatic heterocycles. The molecule has 2 aromatic carbocycles. The zero-order valence-electron chi connectivity index (χ0n) is 15.2. The lowest BCUT2D eigenvalue weighted by Crippen LogP contribution is -2.32. The quantitative estimate of drug-likeness (QED) is 0.580. The molecule has 3 rings (SSSR count). The van der Waals surface area contributed by atoms with Crippen LogP contribution in [-0.2, 0) is 22.3 Å². The number of para-hydroxylation sites is 1. The Morgan fingerprint density at radius 2 is 1.85 bits per heavy atom. The first kappa shape index (κ1) is 19.1. The van der Waals surface area contributed by atoms with Gasteiger partial charge < -0.3 is 5.32 Å². The number of hydrogen-bond acceptors (Lipinski definition) is 4. The van der Waals surface area contributed by atoms with E-state index < -0.39 is 10.0 Å². The summed E-state index contributed by atoms with van der Waals surface area (Å²) in [6.07, 6.45) is 1.66. The fourth-order valence-corrected chi connectivity index (χ4v) is 4.40. The zero-order chi connectivity index (χ0) is 19.4. The Hall–Kier alpha value is -2.71. The zero-order valence-corrected chi connectivity index (χ0v) is 16.0. The summed E-state index contributed by atoms with van der Waals surface area (Å²) >= 11 is 0. The van der Waals surface area contributed by atoms with Crippen LogP contribution in [0.5, 0.6) is 0 Å². The third-order valence-corrected chi connectivity index (χ3v) is 5.56. The molecule has 0 bridgehead atoms. The first-order chi connectivity index (χ1) is 12.9. The van der Waals surface area contributed by atoms with Crippen molar-refractivity contribution in [2.24, 2.45) is 0 Å². The van der Waals surface area contributed by atoms with E-state index in [0.717, 1.165) is 10.9 Å². The summed E-state index contributed by atoms with van der Waals surface area (Å²) in [6, 6.07) is 12.4. The van der Waals surface area contributed by atoms with Gasteiger partial charge in [-0.15, -0.1) is 0 Å². The van der Waals surface area contributed by atoms with E-state index in [1.165, 1.54) is 0 Å². The van der Waals surface area contributed by atoms with Crippen LogP contribution < -0.4 is 10.0 Å². The maximum Gasteiger partial charge on any atom is 0.253 e. The Morgan fingerprint density at radius 1 is 1.11 bits per heavy atom. The van der Waals surface area contributed by atoms with Gasteiger partial charge in [-0.2, -0.15) is 5.10 Å². The first-order valence-corrected chi connectivity index (χ1v) is 10.3. The van der Waals surface area contributed by atoms with Gasteiger partial charge in [-0.1, -0.05) is 36.4 Å². The van der Waals surface area contributed by atoms with E-state index in [0.29, 0.717) is 16.6 Å². The lowest BCUT2D eigenvalue weighted by Gasteiger charge is -2.13. The van der Waals surface area contributed by atoms with Crippen LogP contribution in [0.4, 0.5) is 0 Å². The lowest BCUT2D eigenvalue weighted by atomic mass is 10.1. The van der Waals surface area contributed by atoms with Gasteiger partial charge in [-0.3, -0.25) is 9.89 Å². The Labute approximate surface area is 158 Å². The number of carbonyl (C=O) groups excluding carboxylic acids is 1. The molecule has 0 aliphatic rings. The van der Waals surface area contributed by atoms with Gasteiger partial charge in [0, 0.05) is 18.0 Å². The average Bonchev–Trinajstić information content (AvgIpc) is 3.07. The standard InChI is InChI=1S/C19H22N4O3S/c1-13(2)23-27(25,26)12-16-7-4-3-6-14(16)10-20-19(24)17-9-5-8-15-11-21-22-18(15)17/h3-9,11,13,23H,10,12H2,1-2H3,(H,20,24)(H,21,22). The smallest absolute Gasteiger partial charge is 0.253 e. The molecule has 0 saturated heterocycles. The van der Waals surface area contributed by atoms with E-state index in [1.54, 1.807) is 44.3 Å². The van der Waals surface area contributed by atoms with Crippen molar-refractivity contribution in [3.8, 4) is 0 Å². The van der Waals surface area contributed by atoms with Gasteiger partial charge >= 0.3 is 0 Å². The molecule has 8 heteroatoms. The van der Waals surface area contributed by atoms with E-state index >= 15 is 0 Å². The van der Waals surface area contributed by atoms with Gasteiger partial charge in [0.05, 0.1) is 23.0 Å². The molecule has 142 valence electrons. The second-order valence-electron chi connectivity index (χ2n) is 6.62. The van der Waals surface area contributed by atoms with Crippen LogP contribution in [0, 0.1) is 0 Å². The number of benzene rings is 2. The van der Waals surface area contributed by atoms with Crippen molar-refractivity contribution in [3.63, 3.8) is 0 Å². The number of hydrogen-bond donors (Lipinski definition) is 3. The molecule has 0 unspecified atom stereocenters. The number of nitrogens with one attached hydrogen (secondary N) is 3. The maximum atomic E-state index is 12.6. The number of sulfonamides is 1. The van der Waals surface area contributed by atoms with Gasteiger partial charge in [0.25, 0.3) is 5.91 Å². The maximum absolute atomic E-state index is 12.6. The summed E-state index contributed by atoms with van der Waals surface area (Å²) in [5.41, 5.74) is 2.59. The minimum absolute atomic E-state index is 0.132. The summed E-state index contributed by atoms with van der Waals surface area (Å²) in [5, 5.41) is 10.5. The minimum atomic E-state index is -3.44. The highest BCUT2D eigenvalue weighted by Crippen LogP contribution is 2.16. The molecule has 3 aromatic rings. The number of aromatic nitrogens is 2. The van der Waals surface area contributed by atoms with Crippen molar-refractivity contribution < 1.29 is 13.2 Å². The molecule has 27 heavy (non-hydrogen) atoms. The van der Waals surface area contributed by atoms with Crippen LogP contribution in [0.1, 0.15) is 35.3 Å². The Balaban J connectivity index is 1.75. The van der Waals surface area contributed by atoms with Gasteiger partial charge in [-0.25, -0.2) is 13.1 Å². The van der Waals surface area contributed by atoms with Crippen molar-refractivity contribution >= 4 is 26.8 Å². The summed E-state index contributed by atoms with van der Waals surface area (Å²) in [7, 11) is -3.44. The molecular weight excluding hydrogens is 364 g/mol. The van der Waals surface area contributed by atoms with Crippen LogP contribution in [0.2, 0.25) is 0 Å². The fourth-order valence-electron chi connectivity index (χ4n) is 2.91. The van der Waals surface area contributed by atoms with Crippen LogP contribution >= 0.6 is 0 Å². The Bertz CT molecular complexity index is 1060. The van der Waals surface area contributed by atoms with Crippen molar-refractivity contribution in [2.45, 2.75) is 32.2 Å². The van der Waals surface area contributed by atoms with E-state index in [4.69, 9.17) is 0 Å². The lowest BCUT2D eigenvalue weighted by molar-refractivity contribution is 0.0952. The molecule has 0 aliphatic heterocycles. The van der Waals surface area contributed by atoms with Crippen molar-refractivity contribution in [3.05, 3.63) is 65.4 Å². The summed E-state index contributed by atoms with van der Waals surface area (Å²) in [6.45, 7) is 3.79. The van der Waals surface area contributed by atoms with Crippen molar-refractivity contribution in [2.75, 3.05) is 0 Å². The number of carbonyl (C=O) groups is 1. The average molecular weight is 386 g/mol. The van der Waals surface area contributed by atoms with Gasteiger partial charge in [0.15, 0.2) is 0 Å². The summed E-state index contributed by atoms with van der Waals surface area (Å²) in [5.74, 6) is -0.379. The summed E-state index contributed by atoms with van der Waals surface area (Å²) < 4.78 is 27.0. The van der Waals surface area contributed by atoms with Crippen molar-refractivity contribution in [1.82, 2.24) is 20.2 Å². The van der Waals surface area contributed by atoms with E-state index in [1.807, 2.05) is 18.2 Å². The molecule has 0 atom stereocenters. The molecule has 0 saturated carbocycles. The fraction of sp³-hybridized carbons (Fsp3) is 0.263. The van der Waals surface area contributed by atoms with Gasteiger partial charge in [0.1, 0.15) is 0 Å². The number of amides is 1. The predicted molar refractivity (Wildman–Crippen MR) is 105 cm³/mol. The van der Waals surface area contributed by atoms with Crippen LogP contribution in [-0.4, -0.2) is 30.6 Å². The van der Waals surface area contributed by atoms with Gasteiger partial charge in [0.2, 0.25) is 10.0 Å². The summed E-state index contributed by atoms with van der Waals surface area (Å²) in [4.78, 5) is 12.6. The molecule has 3 N–H and O–H groups in total. The molecule has 1 amide bonds. The molecule has 0 radical (unpaired) electrons. The van der Waals surface area contributed by atoms with E-state index in [9.17, 15) is 13.2 Å².